The standard InChI is InChI=1S/C31H41N3O3/c1-21(2)17-18-33-28-16-14-24(37-9)20-26(28)31(6,7)29(33)12-10-11-22(3)30(4,5)25-19-23(34(35)36)13-15-27(25)32-8/h10-16,19-21,32H,3,17-18H2,1-2,4-9H3/b11-10+,29-12+. The summed E-state index contributed by atoms with van der Waals surface area (Å²) in [6.45, 7) is 18.4. The van der Waals surface area contributed by atoms with E-state index in [1.807, 2.05) is 33.0 Å². The van der Waals surface area contributed by atoms with Gasteiger partial charge in [-0.2, -0.15) is 0 Å². The molecular weight excluding hydrogens is 462 g/mol. The van der Waals surface area contributed by atoms with Crippen molar-refractivity contribution in [3.05, 3.63) is 93.7 Å². The molecule has 0 bridgehead atoms. The minimum atomic E-state index is -0.516. The molecule has 2 aromatic carbocycles. The van der Waals surface area contributed by atoms with Gasteiger partial charge in [-0.05, 0) is 59.4 Å². The minimum absolute atomic E-state index is 0.0719. The maximum absolute atomic E-state index is 11.4. The smallest absolute Gasteiger partial charge is 0.269 e. The molecule has 0 saturated heterocycles. The zero-order valence-corrected chi connectivity index (χ0v) is 23.5. The molecule has 0 fully saturated rings. The molecule has 0 atom stereocenters. The van der Waals surface area contributed by atoms with Gasteiger partial charge in [-0.15, -0.1) is 0 Å². The lowest BCUT2D eigenvalue weighted by atomic mass is 9.77. The van der Waals surface area contributed by atoms with Gasteiger partial charge in [0.15, 0.2) is 0 Å². The first-order valence-electron chi connectivity index (χ1n) is 12.9. The normalized spacial score (nSPS) is 15.9. The number of rotatable bonds is 10. The van der Waals surface area contributed by atoms with E-state index in [1.54, 1.807) is 19.2 Å². The molecule has 1 aliphatic rings. The highest BCUT2D eigenvalue weighted by Crippen LogP contribution is 2.49. The number of methoxy groups -OCH3 is 1. The van der Waals surface area contributed by atoms with Crippen molar-refractivity contribution < 1.29 is 9.66 Å². The fourth-order valence-corrected chi connectivity index (χ4v) is 4.93. The summed E-state index contributed by atoms with van der Waals surface area (Å²) in [6, 6.07) is 11.2. The SMILES string of the molecule is C=C(/C=C/C=C1/N(CCC(C)C)c2ccc(OC)cc2C1(C)C)C(C)(C)c1cc([N+](=O)[O-])ccc1NC. The molecule has 1 N–H and O–H groups in total. The van der Waals surface area contributed by atoms with E-state index in [2.05, 4.69) is 68.8 Å². The van der Waals surface area contributed by atoms with Crippen LogP contribution in [-0.4, -0.2) is 25.6 Å². The lowest BCUT2D eigenvalue weighted by Gasteiger charge is -2.29. The Bertz CT molecular complexity index is 1240. The highest BCUT2D eigenvalue weighted by molar-refractivity contribution is 5.72. The first kappa shape index (κ1) is 28.0. The van der Waals surface area contributed by atoms with Crippen molar-refractivity contribution in [2.75, 3.05) is 30.9 Å². The Morgan fingerprint density at radius 2 is 1.95 bits per heavy atom. The minimum Gasteiger partial charge on any atom is -0.497 e. The Morgan fingerprint density at radius 3 is 2.54 bits per heavy atom. The van der Waals surface area contributed by atoms with Gasteiger partial charge < -0.3 is 15.0 Å². The van der Waals surface area contributed by atoms with Crippen LogP contribution in [0.5, 0.6) is 5.75 Å². The predicted molar refractivity (Wildman–Crippen MR) is 155 cm³/mol. The number of non-ortho nitro benzene ring substituents is 1. The number of ether oxygens (including phenoxy) is 1. The van der Waals surface area contributed by atoms with Gasteiger partial charge in [-0.25, -0.2) is 0 Å². The van der Waals surface area contributed by atoms with E-state index in [-0.39, 0.29) is 16.0 Å². The largest absolute Gasteiger partial charge is 0.497 e. The van der Waals surface area contributed by atoms with E-state index < -0.39 is 5.41 Å². The van der Waals surface area contributed by atoms with Crippen LogP contribution in [0.1, 0.15) is 59.1 Å². The third-order valence-corrected chi connectivity index (χ3v) is 7.54. The molecule has 0 spiro atoms. The van der Waals surface area contributed by atoms with Gasteiger partial charge in [0, 0.05) is 53.6 Å². The molecule has 0 aliphatic carbocycles. The Labute approximate surface area is 221 Å². The number of benzene rings is 2. The number of nitro groups is 1. The first-order valence-corrected chi connectivity index (χ1v) is 12.9. The van der Waals surface area contributed by atoms with Crippen LogP contribution in [0, 0.1) is 16.0 Å². The summed E-state index contributed by atoms with van der Waals surface area (Å²) < 4.78 is 5.52. The molecule has 6 heteroatoms. The number of hydrogen-bond donors (Lipinski definition) is 1. The molecule has 0 radical (unpaired) electrons. The molecular formula is C31H41N3O3. The lowest BCUT2D eigenvalue weighted by Crippen LogP contribution is -2.27. The molecule has 198 valence electrons. The van der Waals surface area contributed by atoms with Crippen molar-refractivity contribution in [1.82, 2.24) is 0 Å². The number of allylic oxidation sites excluding steroid dienone is 5. The van der Waals surface area contributed by atoms with Crippen LogP contribution in [0.3, 0.4) is 0 Å². The summed E-state index contributed by atoms with van der Waals surface area (Å²) in [5.74, 6) is 1.46. The molecule has 0 saturated carbocycles. The van der Waals surface area contributed by atoms with Gasteiger partial charge in [0.2, 0.25) is 0 Å². The zero-order valence-electron chi connectivity index (χ0n) is 23.5. The number of nitrogens with zero attached hydrogens (tertiary/aromatic N) is 2. The van der Waals surface area contributed by atoms with Gasteiger partial charge >= 0.3 is 0 Å². The lowest BCUT2D eigenvalue weighted by molar-refractivity contribution is -0.384. The van der Waals surface area contributed by atoms with Crippen molar-refractivity contribution in [3.63, 3.8) is 0 Å². The molecule has 1 aliphatic heterocycles. The summed E-state index contributed by atoms with van der Waals surface area (Å²) in [7, 11) is 3.53. The van der Waals surface area contributed by atoms with Crippen LogP contribution >= 0.6 is 0 Å². The molecule has 3 rings (SSSR count). The quantitative estimate of drug-likeness (QED) is 0.204. The van der Waals surface area contributed by atoms with Gasteiger partial charge in [0.1, 0.15) is 5.75 Å². The summed E-state index contributed by atoms with van der Waals surface area (Å²) >= 11 is 0. The number of anilines is 2. The Hall–Kier alpha value is -3.54. The molecule has 6 nitrogen and oxygen atoms in total. The number of hydrogen-bond acceptors (Lipinski definition) is 5. The van der Waals surface area contributed by atoms with E-state index >= 15 is 0 Å². The Balaban J connectivity index is 1.98. The third-order valence-electron chi connectivity index (χ3n) is 7.54. The second kappa shape index (κ2) is 10.8. The molecule has 0 unspecified atom stereocenters. The highest BCUT2D eigenvalue weighted by Gasteiger charge is 2.40. The van der Waals surface area contributed by atoms with E-state index in [0.717, 1.165) is 35.5 Å². The van der Waals surface area contributed by atoms with Crippen molar-refractivity contribution in [1.29, 1.82) is 0 Å². The third kappa shape index (κ3) is 5.58. The van der Waals surface area contributed by atoms with Crippen molar-refractivity contribution in [2.45, 2.75) is 58.8 Å². The summed E-state index contributed by atoms with van der Waals surface area (Å²) in [6.07, 6.45) is 7.34. The summed E-state index contributed by atoms with van der Waals surface area (Å²) in [4.78, 5) is 13.5. The van der Waals surface area contributed by atoms with E-state index in [9.17, 15) is 10.1 Å². The second-order valence-electron chi connectivity index (χ2n) is 11.1. The molecule has 2 aromatic rings. The van der Waals surface area contributed by atoms with Crippen LogP contribution in [0.2, 0.25) is 0 Å². The second-order valence-corrected chi connectivity index (χ2v) is 11.1. The Kier molecular flexibility index (Phi) is 8.21. The van der Waals surface area contributed by atoms with Crippen LogP contribution in [0.4, 0.5) is 17.1 Å². The average Bonchev–Trinajstić information content (AvgIpc) is 3.07. The van der Waals surface area contributed by atoms with Gasteiger partial charge in [-0.1, -0.05) is 60.3 Å². The first-order chi connectivity index (χ1) is 17.3. The van der Waals surface area contributed by atoms with Crippen LogP contribution in [0.25, 0.3) is 0 Å². The fraction of sp³-hybridized carbons (Fsp3) is 0.419. The van der Waals surface area contributed by atoms with Crippen molar-refractivity contribution in [2.24, 2.45) is 5.92 Å². The molecule has 0 aromatic heterocycles. The van der Waals surface area contributed by atoms with Crippen LogP contribution < -0.4 is 15.0 Å². The molecule has 37 heavy (non-hydrogen) atoms. The maximum Gasteiger partial charge on any atom is 0.269 e. The summed E-state index contributed by atoms with van der Waals surface area (Å²) in [5, 5.41) is 14.6. The van der Waals surface area contributed by atoms with Crippen LogP contribution in [-0.2, 0) is 10.8 Å². The Morgan fingerprint density at radius 1 is 1.24 bits per heavy atom. The van der Waals surface area contributed by atoms with Gasteiger partial charge in [-0.3, -0.25) is 10.1 Å². The van der Waals surface area contributed by atoms with Crippen molar-refractivity contribution >= 4 is 17.1 Å². The topological polar surface area (TPSA) is 67.6 Å². The van der Waals surface area contributed by atoms with Gasteiger partial charge in [0.25, 0.3) is 5.69 Å². The number of fused-ring (bicyclic) bond motifs is 1. The summed E-state index contributed by atoms with van der Waals surface area (Å²) in [5.41, 5.74) is 5.62. The van der Waals surface area contributed by atoms with Crippen molar-refractivity contribution in [3.8, 4) is 5.75 Å². The number of nitro benzene ring substituents is 1. The zero-order chi connectivity index (χ0) is 27.5. The van der Waals surface area contributed by atoms with E-state index in [1.165, 1.54) is 23.0 Å². The number of nitrogens with one attached hydrogen (secondary N) is 1. The average molecular weight is 504 g/mol. The highest BCUT2D eigenvalue weighted by atomic mass is 16.6. The maximum atomic E-state index is 11.4. The predicted octanol–water partition coefficient (Wildman–Crippen LogP) is 7.76. The van der Waals surface area contributed by atoms with Gasteiger partial charge in [0.05, 0.1) is 12.0 Å². The van der Waals surface area contributed by atoms with E-state index in [4.69, 9.17) is 4.74 Å². The fourth-order valence-electron chi connectivity index (χ4n) is 4.93. The molecule has 1 heterocycles. The van der Waals surface area contributed by atoms with E-state index in [0.29, 0.717) is 5.92 Å². The van der Waals surface area contributed by atoms with Crippen LogP contribution in [0.15, 0.2) is 72.5 Å². The molecule has 0 amide bonds. The monoisotopic (exact) mass is 503 g/mol.